The van der Waals surface area contributed by atoms with E-state index in [1.54, 1.807) is 6.07 Å². The maximum atomic E-state index is 10.7. The minimum Gasteiger partial charge on any atom is -0.480 e. The predicted octanol–water partition coefficient (Wildman–Crippen LogP) is 1.27. The van der Waals surface area contributed by atoms with Crippen LogP contribution in [-0.4, -0.2) is 31.3 Å². The van der Waals surface area contributed by atoms with Crippen LogP contribution in [0.3, 0.4) is 0 Å². The number of carbonyl (C=O) groups is 1. The summed E-state index contributed by atoms with van der Waals surface area (Å²) >= 11 is 1.18. The molecule has 2 heterocycles. The number of nitrogens with zero attached hydrogens (tertiary/aromatic N) is 1. The van der Waals surface area contributed by atoms with Crippen LogP contribution in [0.1, 0.15) is 9.67 Å². The zero-order chi connectivity index (χ0) is 9.42. The number of anilines is 1. The number of carboxylic acids is 1. The van der Waals surface area contributed by atoms with E-state index in [0.29, 0.717) is 16.5 Å². The molecule has 13 heavy (non-hydrogen) atoms. The SMILES string of the molecule is CN1CCOc2sc(C(=O)O)cc21. The topological polar surface area (TPSA) is 49.8 Å². The van der Waals surface area contributed by atoms with Gasteiger partial charge in [0.15, 0.2) is 5.06 Å². The van der Waals surface area contributed by atoms with E-state index in [2.05, 4.69) is 0 Å². The molecule has 1 aromatic rings. The van der Waals surface area contributed by atoms with Gasteiger partial charge in [-0.2, -0.15) is 0 Å². The summed E-state index contributed by atoms with van der Waals surface area (Å²) in [5.41, 5.74) is 0.883. The Balaban J connectivity index is 2.42. The van der Waals surface area contributed by atoms with Gasteiger partial charge in [-0.3, -0.25) is 0 Å². The van der Waals surface area contributed by atoms with Gasteiger partial charge in [0.05, 0.1) is 12.2 Å². The van der Waals surface area contributed by atoms with Crippen LogP contribution < -0.4 is 9.64 Å². The van der Waals surface area contributed by atoms with E-state index in [1.807, 2.05) is 11.9 Å². The fourth-order valence-electron chi connectivity index (χ4n) is 1.24. The highest BCUT2D eigenvalue weighted by Crippen LogP contribution is 2.39. The average Bonchev–Trinajstić information content (AvgIpc) is 2.49. The van der Waals surface area contributed by atoms with Crippen LogP contribution in [0.25, 0.3) is 0 Å². The Kier molecular flexibility index (Phi) is 1.88. The van der Waals surface area contributed by atoms with Gasteiger partial charge in [-0.15, -0.1) is 0 Å². The number of thiophene rings is 1. The molecule has 0 atom stereocenters. The molecule has 1 aromatic heterocycles. The molecule has 2 rings (SSSR count). The van der Waals surface area contributed by atoms with Crippen molar-refractivity contribution in [2.24, 2.45) is 0 Å². The fourth-order valence-corrected chi connectivity index (χ4v) is 2.15. The van der Waals surface area contributed by atoms with E-state index in [1.165, 1.54) is 11.3 Å². The van der Waals surface area contributed by atoms with Crippen molar-refractivity contribution in [3.8, 4) is 5.06 Å². The van der Waals surface area contributed by atoms with E-state index in [9.17, 15) is 4.79 Å². The van der Waals surface area contributed by atoms with Crippen molar-refractivity contribution >= 4 is 23.0 Å². The second kappa shape index (κ2) is 2.92. The van der Waals surface area contributed by atoms with Crippen molar-refractivity contribution in [2.45, 2.75) is 0 Å². The Morgan fingerprint density at radius 3 is 3.15 bits per heavy atom. The van der Waals surface area contributed by atoms with E-state index in [4.69, 9.17) is 9.84 Å². The number of aromatic carboxylic acids is 1. The molecule has 0 bridgehead atoms. The number of likely N-dealkylation sites (N-methyl/N-ethyl adjacent to an activating group) is 1. The summed E-state index contributed by atoms with van der Waals surface area (Å²) in [5.74, 6) is -0.892. The first kappa shape index (κ1) is 8.37. The quantitative estimate of drug-likeness (QED) is 0.740. The van der Waals surface area contributed by atoms with Gasteiger partial charge in [-0.25, -0.2) is 4.79 Å². The Morgan fingerprint density at radius 2 is 2.54 bits per heavy atom. The molecular formula is C8H9NO3S. The summed E-state index contributed by atoms with van der Waals surface area (Å²) in [5, 5.41) is 9.47. The summed E-state index contributed by atoms with van der Waals surface area (Å²) < 4.78 is 5.34. The van der Waals surface area contributed by atoms with Crippen molar-refractivity contribution in [2.75, 3.05) is 25.1 Å². The van der Waals surface area contributed by atoms with Gasteiger partial charge in [0, 0.05) is 7.05 Å². The normalized spacial score (nSPS) is 15.0. The van der Waals surface area contributed by atoms with Crippen LogP contribution in [0.2, 0.25) is 0 Å². The summed E-state index contributed by atoms with van der Waals surface area (Å²) in [4.78, 5) is 13.0. The highest BCUT2D eigenvalue weighted by Gasteiger charge is 2.20. The minimum absolute atomic E-state index is 0.332. The molecule has 0 fully saturated rings. The third kappa shape index (κ3) is 1.35. The molecule has 70 valence electrons. The molecule has 0 saturated carbocycles. The van der Waals surface area contributed by atoms with Crippen LogP contribution >= 0.6 is 11.3 Å². The van der Waals surface area contributed by atoms with E-state index in [0.717, 1.165) is 12.2 Å². The Hall–Kier alpha value is -1.23. The monoisotopic (exact) mass is 199 g/mol. The fraction of sp³-hybridized carbons (Fsp3) is 0.375. The number of hydrogen-bond acceptors (Lipinski definition) is 4. The first-order chi connectivity index (χ1) is 6.18. The molecule has 0 saturated heterocycles. The maximum absolute atomic E-state index is 10.7. The first-order valence-corrected chi connectivity index (χ1v) is 4.71. The Labute approximate surface area is 79.4 Å². The molecule has 0 spiro atoms. The van der Waals surface area contributed by atoms with Gasteiger partial charge in [0.25, 0.3) is 0 Å². The number of ether oxygens (including phenoxy) is 1. The van der Waals surface area contributed by atoms with Crippen LogP contribution in [-0.2, 0) is 0 Å². The predicted molar refractivity (Wildman–Crippen MR) is 50.0 cm³/mol. The highest BCUT2D eigenvalue weighted by atomic mass is 32.1. The molecule has 1 aliphatic rings. The summed E-state index contributed by atoms with van der Waals surface area (Å²) in [6.07, 6.45) is 0. The van der Waals surface area contributed by atoms with Gasteiger partial charge in [-0.05, 0) is 6.07 Å². The third-order valence-corrected chi connectivity index (χ3v) is 2.99. The van der Waals surface area contributed by atoms with Crippen molar-refractivity contribution < 1.29 is 14.6 Å². The Morgan fingerprint density at radius 1 is 1.77 bits per heavy atom. The van der Waals surface area contributed by atoms with E-state index < -0.39 is 5.97 Å². The molecule has 4 nitrogen and oxygen atoms in total. The lowest BCUT2D eigenvalue weighted by molar-refractivity contribution is 0.0702. The van der Waals surface area contributed by atoms with Gasteiger partial charge in [0.1, 0.15) is 11.5 Å². The second-order valence-corrected chi connectivity index (χ2v) is 3.87. The molecule has 0 aromatic carbocycles. The number of fused-ring (bicyclic) bond motifs is 1. The largest absolute Gasteiger partial charge is 0.480 e. The van der Waals surface area contributed by atoms with Gasteiger partial charge < -0.3 is 14.7 Å². The minimum atomic E-state index is -0.892. The Bertz CT molecular complexity index is 347. The van der Waals surface area contributed by atoms with Crippen molar-refractivity contribution in [3.05, 3.63) is 10.9 Å². The zero-order valence-corrected chi connectivity index (χ0v) is 7.93. The summed E-state index contributed by atoms with van der Waals surface area (Å²) in [6, 6.07) is 1.65. The maximum Gasteiger partial charge on any atom is 0.346 e. The molecule has 5 heteroatoms. The number of hydrogen-bond donors (Lipinski definition) is 1. The number of rotatable bonds is 1. The van der Waals surface area contributed by atoms with Crippen molar-refractivity contribution in [3.63, 3.8) is 0 Å². The summed E-state index contributed by atoms with van der Waals surface area (Å²) in [6.45, 7) is 1.44. The second-order valence-electron chi connectivity index (χ2n) is 2.86. The van der Waals surface area contributed by atoms with Crippen molar-refractivity contribution in [1.82, 2.24) is 0 Å². The first-order valence-electron chi connectivity index (χ1n) is 3.89. The van der Waals surface area contributed by atoms with E-state index >= 15 is 0 Å². The van der Waals surface area contributed by atoms with Crippen LogP contribution in [0.15, 0.2) is 6.07 Å². The average molecular weight is 199 g/mol. The standard InChI is InChI=1S/C8H9NO3S/c1-9-2-3-12-8-5(9)4-6(13-8)7(10)11/h4H,2-3H2,1H3,(H,10,11). The smallest absolute Gasteiger partial charge is 0.346 e. The lowest BCUT2D eigenvalue weighted by Gasteiger charge is -2.24. The third-order valence-electron chi connectivity index (χ3n) is 1.96. The highest BCUT2D eigenvalue weighted by molar-refractivity contribution is 7.16. The van der Waals surface area contributed by atoms with Gasteiger partial charge in [-0.1, -0.05) is 11.3 Å². The van der Waals surface area contributed by atoms with Crippen LogP contribution in [0, 0.1) is 0 Å². The zero-order valence-electron chi connectivity index (χ0n) is 7.11. The lowest BCUT2D eigenvalue weighted by atomic mass is 10.3. The van der Waals surface area contributed by atoms with E-state index in [-0.39, 0.29) is 0 Å². The molecule has 0 unspecified atom stereocenters. The van der Waals surface area contributed by atoms with Crippen molar-refractivity contribution in [1.29, 1.82) is 0 Å². The molecule has 0 radical (unpaired) electrons. The molecule has 0 amide bonds. The lowest BCUT2D eigenvalue weighted by Crippen LogP contribution is -2.27. The number of carboxylic acid groups (broad SMARTS) is 1. The van der Waals surface area contributed by atoms with Gasteiger partial charge in [0.2, 0.25) is 0 Å². The molecule has 1 N–H and O–H groups in total. The molecular weight excluding hydrogens is 190 g/mol. The molecule has 1 aliphatic heterocycles. The van der Waals surface area contributed by atoms with Crippen LogP contribution in [0.4, 0.5) is 5.69 Å². The van der Waals surface area contributed by atoms with Gasteiger partial charge >= 0.3 is 5.97 Å². The molecule has 0 aliphatic carbocycles. The summed E-state index contributed by atoms with van der Waals surface area (Å²) in [7, 11) is 1.93. The van der Waals surface area contributed by atoms with Crippen LogP contribution in [0.5, 0.6) is 5.06 Å².